The molecule has 2 saturated carbocycles. The monoisotopic (exact) mass is 268 g/mol. The first-order valence-electron chi connectivity index (χ1n) is 7.53. The summed E-state index contributed by atoms with van der Waals surface area (Å²) in [6, 6.07) is 0.257. The van der Waals surface area contributed by atoms with Crippen LogP contribution in [0.2, 0.25) is 0 Å². The van der Waals surface area contributed by atoms with Crippen molar-refractivity contribution in [1.82, 2.24) is 10.2 Å². The summed E-state index contributed by atoms with van der Waals surface area (Å²) in [4.78, 5) is 13.9. The molecule has 0 saturated heterocycles. The molecule has 0 aromatic rings. The van der Waals surface area contributed by atoms with Gasteiger partial charge in [0.25, 0.3) is 0 Å². The highest BCUT2D eigenvalue weighted by atomic mass is 16.3. The maximum atomic E-state index is 12.3. The van der Waals surface area contributed by atoms with Crippen molar-refractivity contribution in [2.45, 2.75) is 53.0 Å². The Hall–Kier alpha value is -0.770. The van der Waals surface area contributed by atoms with Gasteiger partial charge < -0.3 is 15.3 Å². The second-order valence-electron chi connectivity index (χ2n) is 6.92. The fraction of sp³-hybridized carbons (Fsp3) is 0.933. The van der Waals surface area contributed by atoms with Gasteiger partial charge in [0.1, 0.15) is 0 Å². The van der Waals surface area contributed by atoms with Gasteiger partial charge in [-0.25, -0.2) is 4.79 Å². The molecule has 4 nitrogen and oxygen atoms in total. The molecule has 0 aromatic heterocycles. The summed E-state index contributed by atoms with van der Waals surface area (Å²) in [5.74, 6) is 0.732. The first-order chi connectivity index (χ1) is 8.86. The number of carbonyl (C=O) groups excluding carboxylic acids is 1. The summed E-state index contributed by atoms with van der Waals surface area (Å²) in [7, 11) is 0. The summed E-state index contributed by atoms with van der Waals surface area (Å²) in [6.45, 7) is 10.1. The molecule has 0 aliphatic heterocycles. The van der Waals surface area contributed by atoms with Crippen LogP contribution >= 0.6 is 0 Å². The van der Waals surface area contributed by atoms with Crippen LogP contribution in [0.3, 0.4) is 0 Å². The third kappa shape index (κ3) is 2.14. The van der Waals surface area contributed by atoms with Gasteiger partial charge >= 0.3 is 6.03 Å². The number of likely N-dealkylation sites (N-methyl/N-ethyl adjacent to an activating group) is 1. The molecule has 3 unspecified atom stereocenters. The topological polar surface area (TPSA) is 52.6 Å². The zero-order valence-electron chi connectivity index (χ0n) is 12.7. The first kappa shape index (κ1) is 14.6. The van der Waals surface area contributed by atoms with E-state index in [0.29, 0.717) is 18.5 Å². The molecule has 2 amide bonds. The van der Waals surface area contributed by atoms with Gasteiger partial charge in [0.05, 0.1) is 6.61 Å². The molecule has 0 spiro atoms. The zero-order chi connectivity index (χ0) is 14.3. The Morgan fingerprint density at radius 3 is 2.53 bits per heavy atom. The Kier molecular flexibility index (Phi) is 3.83. The predicted octanol–water partition coefficient (Wildman–Crippen LogP) is 2.22. The molecule has 2 bridgehead atoms. The van der Waals surface area contributed by atoms with Crippen molar-refractivity contribution in [2.24, 2.45) is 16.7 Å². The lowest BCUT2D eigenvalue weighted by atomic mass is 9.69. The lowest BCUT2D eigenvalue weighted by Crippen LogP contribution is -2.51. The van der Waals surface area contributed by atoms with Crippen LogP contribution in [0.5, 0.6) is 0 Å². The minimum Gasteiger partial charge on any atom is -0.395 e. The molecular formula is C15H28N2O2. The number of nitrogens with one attached hydrogen (secondary N) is 1. The molecule has 2 N–H and O–H groups in total. The van der Waals surface area contributed by atoms with Crippen LogP contribution in [0.4, 0.5) is 4.79 Å². The fourth-order valence-corrected chi connectivity index (χ4v) is 4.19. The third-order valence-electron chi connectivity index (χ3n) is 6.13. The minimum absolute atomic E-state index is 0.0221. The Morgan fingerprint density at radius 1 is 1.42 bits per heavy atom. The van der Waals surface area contributed by atoms with Crippen molar-refractivity contribution in [2.75, 3.05) is 19.7 Å². The number of hydrogen-bond donors (Lipinski definition) is 2. The Balaban J connectivity index is 2.03. The average molecular weight is 268 g/mol. The van der Waals surface area contributed by atoms with Gasteiger partial charge in [0.2, 0.25) is 0 Å². The Labute approximate surface area is 116 Å². The van der Waals surface area contributed by atoms with E-state index >= 15 is 0 Å². The lowest BCUT2D eigenvalue weighted by Gasteiger charge is -2.40. The SMILES string of the molecule is CCN(CCO)C(=O)NC1CC2CCC1(C)C2(C)C. The standard InChI is InChI=1S/C15H28N2O2/c1-5-17(8-9-18)13(19)16-12-10-11-6-7-15(12,4)14(11,2)3/h11-12,18H,5-10H2,1-4H3,(H,16,19). The summed E-state index contributed by atoms with van der Waals surface area (Å²) >= 11 is 0. The number of aliphatic hydroxyl groups excluding tert-OH is 1. The predicted molar refractivity (Wildman–Crippen MR) is 75.9 cm³/mol. The van der Waals surface area contributed by atoms with E-state index in [0.717, 1.165) is 12.3 Å². The molecular weight excluding hydrogens is 240 g/mol. The second-order valence-corrected chi connectivity index (χ2v) is 6.92. The van der Waals surface area contributed by atoms with Gasteiger partial charge in [0.15, 0.2) is 0 Å². The van der Waals surface area contributed by atoms with Crippen LogP contribution in [0.25, 0.3) is 0 Å². The number of carbonyl (C=O) groups is 1. The average Bonchev–Trinajstić information content (AvgIpc) is 2.68. The minimum atomic E-state index is -0.0221. The van der Waals surface area contributed by atoms with E-state index in [1.807, 2.05) is 6.92 Å². The van der Waals surface area contributed by atoms with Crippen molar-refractivity contribution in [3.05, 3.63) is 0 Å². The van der Waals surface area contributed by atoms with E-state index < -0.39 is 0 Å². The zero-order valence-corrected chi connectivity index (χ0v) is 12.7. The van der Waals surface area contributed by atoms with Gasteiger partial charge in [-0.1, -0.05) is 20.8 Å². The molecule has 2 fully saturated rings. The molecule has 2 aliphatic carbocycles. The number of rotatable bonds is 4. The Morgan fingerprint density at radius 2 is 2.11 bits per heavy atom. The summed E-state index contributed by atoms with van der Waals surface area (Å²) < 4.78 is 0. The van der Waals surface area contributed by atoms with E-state index in [-0.39, 0.29) is 24.1 Å². The molecule has 2 rings (SSSR count). The van der Waals surface area contributed by atoms with Gasteiger partial charge in [-0.05, 0) is 42.9 Å². The van der Waals surface area contributed by atoms with Crippen LogP contribution in [-0.2, 0) is 0 Å². The number of nitrogens with zero attached hydrogens (tertiary/aromatic N) is 1. The van der Waals surface area contributed by atoms with Crippen LogP contribution in [0.1, 0.15) is 47.0 Å². The molecule has 2 aliphatic rings. The van der Waals surface area contributed by atoms with E-state index in [1.165, 1.54) is 12.8 Å². The van der Waals surface area contributed by atoms with Crippen LogP contribution in [0, 0.1) is 16.7 Å². The van der Waals surface area contributed by atoms with Crippen molar-refractivity contribution in [1.29, 1.82) is 0 Å². The number of hydrogen-bond acceptors (Lipinski definition) is 2. The molecule has 0 heterocycles. The van der Waals surface area contributed by atoms with Crippen LogP contribution in [0.15, 0.2) is 0 Å². The normalized spacial score (nSPS) is 35.4. The van der Waals surface area contributed by atoms with Crippen LogP contribution < -0.4 is 5.32 Å². The van der Waals surface area contributed by atoms with Gasteiger partial charge in [0, 0.05) is 19.1 Å². The highest BCUT2D eigenvalue weighted by Gasteiger charge is 2.61. The highest BCUT2D eigenvalue weighted by Crippen LogP contribution is 2.65. The molecule has 0 radical (unpaired) electrons. The molecule has 4 heteroatoms. The van der Waals surface area contributed by atoms with Crippen molar-refractivity contribution < 1.29 is 9.90 Å². The first-order valence-corrected chi connectivity index (χ1v) is 7.53. The van der Waals surface area contributed by atoms with Crippen molar-refractivity contribution >= 4 is 6.03 Å². The maximum Gasteiger partial charge on any atom is 0.317 e. The molecule has 3 atom stereocenters. The Bertz CT molecular complexity index is 356. The van der Waals surface area contributed by atoms with E-state index in [9.17, 15) is 4.79 Å². The van der Waals surface area contributed by atoms with Gasteiger partial charge in [-0.3, -0.25) is 0 Å². The van der Waals surface area contributed by atoms with E-state index in [2.05, 4.69) is 26.1 Å². The molecule has 19 heavy (non-hydrogen) atoms. The maximum absolute atomic E-state index is 12.3. The third-order valence-corrected chi connectivity index (χ3v) is 6.13. The smallest absolute Gasteiger partial charge is 0.317 e. The quantitative estimate of drug-likeness (QED) is 0.821. The highest BCUT2D eigenvalue weighted by molar-refractivity contribution is 5.74. The summed E-state index contributed by atoms with van der Waals surface area (Å²) in [5, 5.41) is 12.2. The fourth-order valence-electron chi connectivity index (χ4n) is 4.19. The number of amides is 2. The summed E-state index contributed by atoms with van der Waals surface area (Å²) in [6.07, 6.45) is 3.61. The van der Waals surface area contributed by atoms with E-state index in [1.54, 1.807) is 4.90 Å². The largest absolute Gasteiger partial charge is 0.395 e. The number of fused-ring (bicyclic) bond motifs is 2. The second kappa shape index (κ2) is 4.97. The number of urea groups is 1. The van der Waals surface area contributed by atoms with Crippen molar-refractivity contribution in [3.63, 3.8) is 0 Å². The molecule has 0 aromatic carbocycles. The van der Waals surface area contributed by atoms with Crippen molar-refractivity contribution in [3.8, 4) is 0 Å². The van der Waals surface area contributed by atoms with Gasteiger partial charge in [-0.2, -0.15) is 0 Å². The van der Waals surface area contributed by atoms with E-state index in [4.69, 9.17) is 5.11 Å². The number of aliphatic hydroxyl groups is 1. The summed E-state index contributed by atoms with van der Waals surface area (Å²) in [5.41, 5.74) is 0.533. The van der Waals surface area contributed by atoms with Gasteiger partial charge in [-0.15, -0.1) is 0 Å². The lowest BCUT2D eigenvalue weighted by molar-refractivity contribution is 0.116. The van der Waals surface area contributed by atoms with Crippen LogP contribution in [-0.4, -0.2) is 41.8 Å². The molecule has 110 valence electrons.